The minimum atomic E-state index is -0.363. The number of imidazole rings is 1. The number of carbonyl (C=O) groups excluding carboxylic acids is 1. The van der Waals surface area contributed by atoms with Crippen LogP contribution in [0.2, 0.25) is 0 Å². The molecule has 134 valence electrons. The lowest BCUT2D eigenvalue weighted by Gasteiger charge is -2.44. The first-order valence-corrected chi connectivity index (χ1v) is 8.30. The van der Waals surface area contributed by atoms with Gasteiger partial charge in [-0.1, -0.05) is 6.07 Å². The molecule has 0 unspecified atom stereocenters. The quantitative estimate of drug-likeness (QED) is 0.834. The van der Waals surface area contributed by atoms with E-state index in [9.17, 15) is 9.18 Å². The van der Waals surface area contributed by atoms with Crippen LogP contribution in [0.1, 0.15) is 24.2 Å². The van der Waals surface area contributed by atoms with Crippen LogP contribution in [0.15, 0.2) is 30.6 Å². The number of carbonyl (C=O) groups is 1. The molecule has 1 aliphatic carbocycles. The number of amides is 1. The number of nitrogens with one attached hydrogen (secondary N) is 1. The predicted molar refractivity (Wildman–Crippen MR) is 91.6 cm³/mol. The number of hydrogen-bond acceptors (Lipinski definition) is 4. The fraction of sp³-hybridized carbons (Fsp3) is 0.444. The summed E-state index contributed by atoms with van der Waals surface area (Å²) in [6.45, 7) is 2.51. The Kier molecular flexibility index (Phi) is 4.87. The first kappa shape index (κ1) is 17.6. The van der Waals surface area contributed by atoms with Crippen LogP contribution < -0.4 is 11.1 Å². The summed E-state index contributed by atoms with van der Waals surface area (Å²) in [5.41, 5.74) is 6.47. The van der Waals surface area contributed by atoms with E-state index in [2.05, 4.69) is 10.3 Å². The summed E-state index contributed by atoms with van der Waals surface area (Å²) >= 11 is 0. The van der Waals surface area contributed by atoms with Crippen molar-refractivity contribution in [1.29, 1.82) is 0 Å². The number of aromatic nitrogens is 2. The van der Waals surface area contributed by atoms with Crippen LogP contribution in [-0.4, -0.2) is 34.7 Å². The van der Waals surface area contributed by atoms with Crippen molar-refractivity contribution in [2.24, 2.45) is 11.7 Å². The van der Waals surface area contributed by atoms with Gasteiger partial charge >= 0.3 is 0 Å². The first-order valence-electron chi connectivity index (χ1n) is 8.30. The van der Waals surface area contributed by atoms with Gasteiger partial charge in [0.1, 0.15) is 11.6 Å². The molecular weight excluding hydrogens is 323 g/mol. The monoisotopic (exact) mass is 346 g/mol. The van der Waals surface area contributed by atoms with Gasteiger partial charge in [-0.3, -0.25) is 4.79 Å². The maximum absolute atomic E-state index is 14.4. The summed E-state index contributed by atoms with van der Waals surface area (Å²) in [7, 11) is 1.62. The molecule has 25 heavy (non-hydrogen) atoms. The zero-order chi connectivity index (χ0) is 18.0. The van der Waals surface area contributed by atoms with Gasteiger partial charge in [-0.25, -0.2) is 9.37 Å². The molecule has 0 aliphatic heterocycles. The summed E-state index contributed by atoms with van der Waals surface area (Å²) < 4.78 is 21.4. The second kappa shape index (κ2) is 6.93. The van der Waals surface area contributed by atoms with E-state index in [0.29, 0.717) is 36.5 Å². The minimum Gasteiger partial charge on any atom is -0.377 e. The summed E-state index contributed by atoms with van der Waals surface area (Å²) in [4.78, 5) is 16.3. The van der Waals surface area contributed by atoms with E-state index < -0.39 is 0 Å². The lowest BCUT2D eigenvalue weighted by molar-refractivity contribution is -0.145. The molecule has 3 N–H and O–H groups in total. The summed E-state index contributed by atoms with van der Waals surface area (Å²) in [5.74, 6) is 0.224. The lowest BCUT2D eigenvalue weighted by Crippen LogP contribution is -2.55. The van der Waals surface area contributed by atoms with Gasteiger partial charge in [-0.05, 0) is 37.5 Å². The molecule has 1 aromatic carbocycles. The van der Waals surface area contributed by atoms with Crippen LogP contribution in [0, 0.1) is 18.7 Å². The van der Waals surface area contributed by atoms with E-state index in [-0.39, 0.29) is 29.8 Å². The Morgan fingerprint density at radius 3 is 2.84 bits per heavy atom. The van der Waals surface area contributed by atoms with E-state index in [4.69, 9.17) is 10.5 Å². The normalized spacial score (nSPS) is 22.5. The molecule has 0 spiro atoms. The molecule has 1 aliphatic rings. The third-order valence-corrected chi connectivity index (χ3v) is 4.98. The highest BCUT2D eigenvalue weighted by atomic mass is 19.1. The van der Waals surface area contributed by atoms with E-state index in [1.54, 1.807) is 36.2 Å². The Hall–Kier alpha value is -2.25. The van der Waals surface area contributed by atoms with Gasteiger partial charge in [0.05, 0.1) is 11.3 Å². The molecular formula is C18H23FN4O2. The average Bonchev–Trinajstić information content (AvgIpc) is 2.99. The average molecular weight is 346 g/mol. The Labute approximate surface area is 146 Å². The van der Waals surface area contributed by atoms with Crippen molar-refractivity contribution in [2.45, 2.75) is 31.9 Å². The second-order valence-corrected chi connectivity index (χ2v) is 6.54. The zero-order valence-corrected chi connectivity index (χ0v) is 14.5. The standard InChI is InChI=1S/C18H23FN4O2/c1-12-21-5-6-23(12)16-4-3-13(7-15(16)19)10-22-17(24)14-8-18(9-14,11-20)25-2/h3-7,14H,8-11,20H2,1-2H3,(H,22,24). The summed E-state index contributed by atoms with van der Waals surface area (Å²) in [6, 6.07) is 4.94. The highest BCUT2D eigenvalue weighted by Crippen LogP contribution is 2.39. The second-order valence-electron chi connectivity index (χ2n) is 6.54. The third kappa shape index (κ3) is 3.43. The number of ether oxygens (including phenoxy) is 1. The highest BCUT2D eigenvalue weighted by Gasteiger charge is 2.46. The molecule has 2 aromatic rings. The van der Waals surface area contributed by atoms with Crippen molar-refractivity contribution in [3.8, 4) is 5.69 Å². The number of halogens is 1. The van der Waals surface area contributed by atoms with Crippen molar-refractivity contribution >= 4 is 5.91 Å². The molecule has 0 radical (unpaired) electrons. The molecule has 1 aromatic heterocycles. The molecule has 3 rings (SSSR count). The number of aryl methyl sites for hydroxylation is 1. The van der Waals surface area contributed by atoms with Crippen molar-refractivity contribution in [2.75, 3.05) is 13.7 Å². The van der Waals surface area contributed by atoms with Gasteiger partial charge in [-0.15, -0.1) is 0 Å². The molecule has 6 nitrogen and oxygen atoms in total. The van der Waals surface area contributed by atoms with E-state index >= 15 is 0 Å². The number of nitrogens with two attached hydrogens (primary N) is 1. The number of nitrogens with zero attached hydrogens (tertiary/aromatic N) is 2. The Morgan fingerprint density at radius 2 is 2.28 bits per heavy atom. The predicted octanol–water partition coefficient (Wildman–Crippen LogP) is 1.69. The van der Waals surface area contributed by atoms with Crippen LogP contribution >= 0.6 is 0 Å². The topological polar surface area (TPSA) is 82.2 Å². The fourth-order valence-electron chi connectivity index (χ4n) is 3.26. The number of rotatable bonds is 6. The Bertz CT molecular complexity index is 762. The number of hydrogen-bond donors (Lipinski definition) is 2. The summed E-state index contributed by atoms with van der Waals surface area (Å²) in [6.07, 6.45) is 4.59. The van der Waals surface area contributed by atoms with Crippen LogP contribution in [0.5, 0.6) is 0 Å². The SMILES string of the molecule is COC1(CN)CC(C(=O)NCc2ccc(-n3ccnc3C)c(F)c2)C1. The molecule has 1 amide bonds. The molecule has 0 atom stereocenters. The molecule has 0 bridgehead atoms. The maximum Gasteiger partial charge on any atom is 0.223 e. The fourth-order valence-corrected chi connectivity index (χ4v) is 3.26. The van der Waals surface area contributed by atoms with E-state index in [1.165, 1.54) is 6.07 Å². The van der Waals surface area contributed by atoms with Crippen molar-refractivity contribution < 1.29 is 13.9 Å². The molecule has 1 saturated carbocycles. The Balaban J connectivity index is 1.58. The van der Waals surface area contributed by atoms with Gasteiger partial charge < -0.3 is 20.4 Å². The van der Waals surface area contributed by atoms with E-state index in [0.717, 1.165) is 0 Å². The molecule has 1 fully saturated rings. The molecule has 0 saturated heterocycles. The van der Waals surface area contributed by atoms with Crippen molar-refractivity contribution in [3.05, 3.63) is 47.8 Å². The molecule has 7 heteroatoms. The zero-order valence-electron chi connectivity index (χ0n) is 14.5. The minimum absolute atomic E-state index is 0.0453. The third-order valence-electron chi connectivity index (χ3n) is 4.98. The highest BCUT2D eigenvalue weighted by molar-refractivity contribution is 5.80. The van der Waals surface area contributed by atoms with Gasteiger partial charge in [-0.2, -0.15) is 0 Å². The smallest absolute Gasteiger partial charge is 0.223 e. The van der Waals surface area contributed by atoms with Gasteiger partial charge in [0.25, 0.3) is 0 Å². The Morgan fingerprint density at radius 1 is 1.52 bits per heavy atom. The number of methoxy groups -OCH3 is 1. The van der Waals surface area contributed by atoms with Gasteiger partial charge in [0, 0.05) is 38.5 Å². The number of benzene rings is 1. The van der Waals surface area contributed by atoms with Crippen molar-refractivity contribution in [1.82, 2.24) is 14.9 Å². The van der Waals surface area contributed by atoms with Gasteiger partial charge in [0.2, 0.25) is 5.91 Å². The van der Waals surface area contributed by atoms with Crippen molar-refractivity contribution in [3.63, 3.8) is 0 Å². The maximum atomic E-state index is 14.4. The molecule has 1 heterocycles. The van der Waals surface area contributed by atoms with E-state index in [1.807, 2.05) is 6.92 Å². The first-order chi connectivity index (χ1) is 12.0. The van der Waals surface area contributed by atoms with Crippen LogP contribution in [-0.2, 0) is 16.1 Å². The largest absolute Gasteiger partial charge is 0.377 e. The van der Waals surface area contributed by atoms with Crippen LogP contribution in [0.25, 0.3) is 5.69 Å². The summed E-state index contributed by atoms with van der Waals surface area (Å²) in [5, 5.41) is 2.86. The van der Waals surface area contributed by atoms with Crippen LogP contribution in [0.4, 0.5) is 4.39 Å². The van der Waals surface area contributed by atoms with Crippen LogP contribution in [0.3, 0.4) is 0 Å². The van der Waals surface area contributed by atoms with Gasteiger partial charge in [0.15, 0.2) is 0 Å². The lowest BCUT2D eigenvalue weighted by atomic mass is 9.70.